The van der Waals surface area contributed by atoms with Crippen LogP contribution in [0.25, 0.3) is 22.2 Å². The molecule has 0 atom stereocenters. The first-order valence-electron chi connectivity index (χ1n) is 11.0. The molecule has 0 spiro atoms. The second kappa shape index (κ2) is 10.2. The molecule has 2 aromatic heterocycles. The van der Waals surface area contributed by atoms with Crippen LogP contribution in [-0.4, -0.2) is 42.1 Å². The van der Waals surface area contributed by atoms with Crippen molar-refractivity contribution in [2.45, 2.75) is 19.8 Å². The van der Waals surface area contributed by atoms with Gasteiger partial charge < -0.3 is 14.8 Å². The van der Waals surface area contributed by atoms with Crippen LogP contribution < -0.4 is 9.46 Å². The molecule has 0 aliphatic carbocycles. The lowest BCUT2D eigenvalue weighted by Gasteiger charge is -2.12. The maximum Gasteiger partial charge on any atom is 0.232 e. The predicted octanol–water partition coefficient (Wildman–Crippen LogP) is 5.51. The zero-order valence-electron chi connectivity index (χ0n) is 19.4. The number of sulfonamides is 1. The van der Waals surface area contributed by atoms with Crippen molar-refractivity contribution in [3.63, 3.8) is 0 Å². The number of pyridine rings is 1. The summed E-state index contributed by atoms with van der Waals surface area (Å²) in [6.45, 7) is 1.83. The number of ether oxygens (including phenoxy) is 1. The van der Waals surface area contributed by atoms with Crippen LogP contribution in [-0.2, 0) is 10.0 Å². The van der Waals surface area contributed by atoms with Gasteiger partial charge in [-0.25, -0.2) is 17.8 Å². The molecule has 2 heterocycles. The third-order valence-corrected chi connectivity index (χ3v) is 7.31. The number of carbonyl (C=O) groups is 1. The van der Waals surface area contributed by atoms with Crippen molar-refractivity contribution >= 4 is 44.1 Å². The lowest BCUT2D eigenvalue weighted by atomic mass is 9.99. The first kappa shape index (κ1) is 25.5. The van der Waals surface area contributed by atoms with Gasteiger partial charge >= 0.3 is 0 Å². The van der Waals surface area contributed by atoms with Crippen molar-refractivity contribution < 1.29 is 27.4 Å². The van der Waals surface area contributed by atoms with Crippen LogP contribution in [0.3, 0.4) is 0 Å². The van der Waals surface area contributed by atoms with E-state index < -0.39 is 38.6 Å². The number of aromatic hydroxyl groups is 1. The molecule has 11 heteroatoms. The number of nitrogens with one attached hydrogen (secondary N) is 2. The smallest absolute Gasteiger partial charge is 0.232 e. The number of fused-ring (bicyclic) bond motifs is 1. The Labute approximate surface area is 212 Å². The maximum absolute atomic E-state index is 15.3. The zero-order valence-corrected chi connectivity index (χ0v) is 21.0. The largest absolute Gasteiger partial charge is 0.507 e. The van der Waals surface area contributed by atoms with E-state index in [1.54, 1.807) is 30.5 Å². The number of hydrogen-bond donors (Lipinski definition) is 3. The molecular weight excluding hydrogens is 509 g/mol. The SMILES string of the molecule is CCCCS(=O)(=O)Nc1ccc(O)c(C(=O)c2c[nH]c3ncc(-c4ccc(OC)cc4Cl)cc23)c1F. The summed E-state index contributed by atoms with van der Waals surface area (Å²) in [6, 6.07) is 8.94. The molecule has 0 aliphatic heterocycles. The number of anilines is 1. The van der Waals surface area contributed by atoms with Gasteiger partial charge in [0.25, 0.3) is 0 Å². The Hall–Kier alpha value is -3.63. The molecule has 4 rings (SSSR count). The minimum Gasteiger partial charge on any atom is -0.507 e. The van der Waals surface area contributed by atoms with E-state index in [1.165, 1.54) is 13.3 Å². The highest BCUT2D eigenvalue weighted by Crippen LogP contribution is 2.35. The van der Waals surface area contributed by atoms with Gasteiger partial charge in [-0.1, -0.05) is 24.9 Å². The molecule has 0 unspecified atom stereocenters. The lowest BCUT2D eigenvalue weighted by Crippen LogP contribution is -2.18. The topological polar surface area (TPSA) is 121 Å². The second-order valence-corrected chi connectivity index (χ2v) is 10.3. The summed E-state index contributed by atoms with van der Waals surface area (Å²) < 4.78 is 47.2. The molecule has 0 amide bonds. The normalized spacial score (nSPS) is 11.6. The standard InChI is InChI=1S/C25H23ClFN3O5S/c1-3-4-9-36(33,34)30-20-7-8-21(31)22(23(20)27)24(32)18-13-29-25-17(18)10-14(12-28-25)16-6-5-15(35-2)11-19(16)26/h5-8,10-13,30-31H,3-4,9H2,1-2H3,(H,28,29). The summed E-state index contributed by atoms with van der Waals surface area (Å²) in [7, 11) is -2.30. The van der Waals surface area contributed by atoms with Gasteiger partial charge in [-0.05, 0) is 42.8 Å². The highest BCUT2D eigenvalue weighted by atomic mass is 35.5. The van der Waals surface area contributed by atoms with Crippen LogP contribution in [0.2, 0.25) is 5.02 Å². The lowest BCUT2D eigenvalue weighted by molar-refractivity contribution is 0.103. The van der Waals surface area contributed by atoms with Gasteiger partial charge in [0.15, 0.2) is 5.82 Å². The van der Waals surface area contributed by atoms with Crippen LogP contribution >= 0.6 is 11.6 Å². The maximum atomic E-state index is 15.3. The first-order chi connectivity index (χ1) is 17.1. The molecule has 0 saturated heterocycles. The molecule has 2 aromatic carbocycles. The Bertz CT molecular complexity index is 1570. The van der Waals surface area contributed by atoms with Crippen LogP contribution in [0.5, 0.6) is 11.5 Å². The number of hydrogen-bond acceptors (Lipinski definition) is 6. The summed E-state index contributed by atoms with van der Waals surface area (Å²) >= 11 is 6.39. The Balaban J connectivity index is 1.75. The van der Waals surface area contributed by atoms with E-state index in [2.05, 4.69) is 14.7 Å². The average Bonchev–Trinajstić information content (AvgIpc) is 3.27. The summed E-state index contributed by atoms with van der Waals surface area (Å²) in [5.74, 6) is -2.25. The van der Waals surface area contributed by atoms with Gasteiger partial charge in [-0.15, -0.1) is 0 Å². The van der Waals surface area contributed by atoms with E-state index in [4.69, 9.17) is 16.3 Å². The predicted molar refractivity (Wildman–Crippen MR) is 137 cm³/mol. The molecular formula is C25H23ClFN3O5S. The van der Waals surface area contributed by atoms with E-state index >= 15 is 4.39 Å². The van der Waals surface area contributed by atoms with E-state index in [-0.39, 0.29) is 11.3 Å². The quantitative estimate of drug-likeness (QED) is 0.193. The monoisotopic (exact) mass is 531 g/mol. The molecule has 3 N–H and O–H groups in total. The van der Waals surface area contributed by atoms with Gasteiger partial charge in [-0.3, -0.25) is 9.52 Å². The minimum atomic E-state index is -3.83. The highest BCUT2D eigenvalue weighted by Gasteiger charge is 2.26. The molecule has 0 radical (unpaired) electrons. The Morgan fingerprint density at radius 1 is 1.25 bits per heavy atom. The van der Waals surface area contributed by atoms with Gasteiger partial charge in [0.05, 0.1) is 23.6 Å². The Kier molecular flexibility index (Phi) is 7.18. The first-order valence-corrected chi connectivity index (χ1v) is 13.1. The number of benzene rings is 2. The van der Waals surface area contributed by atoms with Gasteiger partial charge in [0.2, 0.25) is 15.8 Å². The van der Waals surface area contributed by atoms with Crippen LogP contribution in [0.4, 0.5) is 10.1 Å². The summed E-state index contributed by atoms with van der Waals surface area (Å²) in [5.41, 5.74) is 0.581. The number of nitrogens with zero attached hydrogens (tertiary/aromatic N) is 1. The van der Waals surface area contributed by atoms with E-state index in [9.17, 15) is 18.3 Å². The summed E-state index contributed by atoms with van der Waals surface area (Å²) in [4.78, 5) is 20.6. The number of aromatic amines is 1. The number of carbonyl (C=O) groups excluding carboxylic acids is 1. The number of methoxy groups -OCH3 is 1. The van der Waals surface area contributed by atoms with Crippen molar-refractivity contribution in [3.05, 3.63) is 70.8 Å². The molecule has 188 valence electrons. The second-order valence-electron chi connectivity index (χ2n) is 8.09. The number of unbranched alkanes of at least 4 members (excludes halogenated alkanes) is 1. The van der Waals surface area contributed by atoms with Crippen molar-refractivity contribution in [1.82, 2.24) is 9.97 Å². The van der Waals surface area contributed by atoms with E-state index in [1.807, 2.05) is 6.92 Å². The molecule has 0 bridgehead atoms. The van der Waals surface area contributed by atoms with E-state index in [0.717, 1.165) is 12.1 Å². The van der Waals surface area contributed by atoms with Crippen LogP contribution in [0, 0.1) is 5.82 Å². The third kappa shape index (κ3) is 5.00. The Morgan fingerprint density at radius 3 is 2.72 bits per heavy atom. The highest BCUT2D eigenvalue weighted by molar-refractivity contribution is 7.92. The fourth-order valence-corrected chi connectivity index (χ4v) is 5.29. The number of phenolic OH excluding ortho intramolecular Hbond substituents is 1. The van der Waals surface area contributed by atoms with Crippen LogP contribution in [0.1, 0.15) is 35.7 Å². The van der Waals surface area contributed by atoms with Gasteiger partial charge in [0, 0.05) is 34.5 Å². The van der Waals surface area contributed by atoms with E-state index in [0.29, 0.717) is 45.8 Å². The molecule has 8 nitrogen and oxygen atoms in total. The summed E-state index contributed by atoms with van der Waals surface area (Å²) in [6.07, 6.45) is 3.96. The number of rotatable bonds is 9. The molecule has 0 aliphatic rings. The number of H-pyrrole nitrogens is 1. The molecule has 4 aromatic rings. The molecule has 36 heavy (non-hydrogen) atoms. The minimum absolute atomic E-state index is 0.0455. The van der Waals surface area contributed by atoms with Crippen LogP contribution in [0.15, 0.2) is 48.8 Å². The fraction of sp³-hybridized carbons (Fsp3) is 0.200. The number of aromatic nitrogens is 2. The molecule has 0 fully saturated rings. The van der Waals surface area contributed by atoms with Crippen molar-refractivity contribution in [3.8, 4) is 22.6 Å². The summed E-state index contributed by atoms with van der Waals surface area (Å²) in [5, 5.41) is 11.1. The van der Waals surface area contributed by atoms with Crippen molar-refractivity contribution in [2.75, 3.05) is 17.6 Å². The number of ketones is 1. The fourth-order valence-electron chi connectivity index (χ4n) is 3.74. The number of halogens is 2. The average molecular weight is 532 g/mol. The Morgan fingerprint density at radius 2 is 2.03 bits per heavy atom. The number of phenols is 1. The van der Waals surface area contributed by atoms with Crippen molar-refractivity contribution in [2.24, 2.45) is 0 Å². The zero-order chi connectivity index (χ0) is 26.0. The van der Waals surface area contributed by atoms with Gasteiger partial charge in [-0.2, -0.15) is 0 Å². The van der Waals surface area contributed by atoms with Gasteiger partial charge in [0.1, 0.15) is 22.7 Å². The molecule has 0 saturated carbocycles. The van der Waals surface area contributed by atoms with Crippen molar-refractivity contribution in [1.29, 1.82) is 0 Å². The third-order valence-electron chi connectivity index (χ3n) is 5.64.